The molecule has 0 aliphatic heterocycles. The minimum Gasteiger partial charge on any atom is -0.296 e. The fourth-order valence-electron chi connectivity index (χ4n) is 3.28. The number of hydrogen-bond donors (Lipinski definition) is 0. The van der Waals surface area contributed by atoms with Crippen molar-refractivity contribution in [2.24, 2.45) is 4.99 Å². The molecule has 0 bridgehead atoms. The number of allylic oxidation sites excluding steroid dienone is 2. The van der Waals surface area contributed by atoms with E-state index in [1.165, 1.54) is 10.9 Å². The summed E-state index contributed by atoms with van der Waals surface area (Å²) in [5, 5.41) is 8.06. The van der Waals surface area contributed by atoms with Crippen LogP contribution in [-0.4, -0.2) is 39.8 Å². The number of aryl methyl sites for hydroxylation is 2. The summed E-state index contributed by atoms with van der Waals surface area (Å²) in [4.78, 5) is 29.5. The van der Waals surface area contributed by atoms with E-state index >= 15 is 0 Å². The zero-order chi connectivity index (χ0) is 18.1. The maximum atomic E-state index is 12.9. The third kappa shape index (κ3) is 2.95. The first-order valence-electron chi connectivity index (χ1n) is 8.21. The largest absolute Gasteiger partial charge is 0.296 e. The number of nitrogens with zero attached hydrogens (tertiary/aromatic N) is 4. The van der Waals surface area contributed by atoms with Gasteiger partial charge in [0.25, 0.3) is 0 Å². The van der Waals surface area contributed by atoms with E-state index in [2.05, 4.69) is 21.4 Å². The van der Waals surface area contributed by atoms with Crippen LogP contribution in [0.3, 0.4) is 0 Å². The molecule has 1 aliphatic rings. The second-order valence-corrected chi connectivity index (χ2v) is 6.23. The normalized spacial score (nSPS) is 14.6. The van der Waals surface area contributed by atoms with Gasteiger partial charge < -0.3 is 0 Å². The van der Waals surface area contributed by atoms with E-state index in [1.807, 2.05) is 32.9 Å². The monoisotopic (exact) mass is 336 g/mol. The van der Waals surface area contributed by atoms with Crippen LogP contribution in [0.1, 0.15) is 51.0 Å². The summed E-state index contributed by atoms with van der Waals surface area (Å²) in [6.45, 7) is 6.28. The number of aliphatic imine (C=N–C) groups is 1. The number of ketones is 2. The van der Waals surface area contributed by atoms with Crippen LogP contribution < -0.4 is 0 Å². The van der Waals surface area contributed by atoms with Gasteiger partial charge in [-0.2, -0.15) is 0 Å². The van der Waals surface area contributed by atoms with Gasteiger partial charge in [0.05, 0.1) is 6.54 Å². The maximum Gasteiger partial charge on any atom is 0.215 e. The molecular formula is C19H20N4O2. The Balaban J connectivity index is 2.07. The van der Waals surface area contributed by atoms with E-state index in [1.54, 1.807) is 7.05 Å². The number of hydrogen-bond acceptors (Lipinski definition) is 5. The number of Topliss-reactive ketones (excluding diaryl/α,β-unsaturated/α-hetero) is 2. The summed E-state index contributed by atoms with van der Waals surface area (Å²) in [6.07, 6.45) is 1.91. The Hall–Kier alpha value is -2.89. The Bertz CT molecular complexity index is 915. The second kappa shape index (κ2) is 6.55. The number of benzene rings is 1. The summed E-state index contributed by atoms with van der Waals surface area (Å²) in [5.74, 6) is -0.481. The van der Waals surface area contributed by atoms with E-state index in [-0.39, 0.29) is 23.0 Å². The molecule has 1 aromatic heterocycles. The highest BCUT2D eigenvalue weighted by Crippen LogP contribution is 2.26. The molecule has 2 aromatic rings. The van der Waals surface area contributed by atoms with Crippen molar-refractivity contribution in [3.05, 3.63) is 57.4 Å². The van der Waals surface area contributed by atoms with Crippen LogP contribution in [0.2, 0.25) is 0 Å². The number of aromatic nitrogens is 3. The van der Waals surface area contributed by atoms with Crippen LogP contribution in [0, 0.1) is 13.8 Å². The molecule has 0 unspecified atom stereocenters. The highest BCUT2D eigenvalue weighted by molar-refractivity contribution is 6.32. The van der Waals surface area contributed by atoms with Crippen molar-refractivity contribution in [2.75, 3.05) is 7.05 Å². The van der Waals surface area contributed by atoms with Crippen LogP contribution in [0.4, 0.5) is 0 Å². The molecule has 1 aromatic carbocycles. The molecule has 0 radical (unpaired) electrons. The first-order chi connectivity index (χ1) is 12.0. The Morgan fingerprint density at radius 2 is 1.80 bits per heavy atom. The van der Waals surface area contributed by atoms with Gasteiger partial charge >= 0.3 is 0 Å². The molecule has 6 nitrogen and oxygen atoms in total. The van der Waals surface area contributed by atoms with Crippen molar-refractivity contribution in [3.8, 4) is 0 Å². The standard InChI is InChI=1S/C19H20N4O2/c1-5-14-15(9-20-4)19(25)17-16(18(14)24)21-22-23(17)10-13-7-11(2)6-12(3)8-13/h6-9H,5,10H2,1-4H3/b20-9-. The average Bonchev–Trinajstić information content (AvgIpc) is 2.96. The average molecular weight is 336 g/mol. The molecule has 6 heteroatoms. The van der Waals surface area contributed by atoms with E-state index < -0.39 is 0 Å². The molecule has 0 saturated carbocycles. The van der Waals surface area contributed by atoms with Gasteiger partial charge in [-0.3, -0.25) is 14.6 Å². The fourth-order valence-corrected chi connectivity index (χ4v) is 3.28. The lowest BCUT2D eigenvalue weighted by Crippen LogP contribution is -2.25. The third-order valence-electron chi connectivity index (χ3n) is 4.23. The maximum absolute atomic E-state index is 12.9. The molecule has 0 saturated heterocycles. The van der Waals surface area contributed by atoms with Gasteiger partial charge in [-0.05, 0) is 25.8 Å². The first kappa shape index (κ1) is 17.0. The van der Waals surface area contributed by atoms with Gasteiger partial charge in [0.1, 0.15) is 5.69 Å². The van der Waals surface area contributed by atoms with Gasteiger partial charge in [0.2, 0.25) is 11.6 Å². The molecule has 1 heterocycles. The molecule has 0 spiro atoms. The zero-order valence-corrected chi connectivity index (χ0v) is 14.8. The highest BCUT2D eigenvalue weighted by Gasteiger charge is 2.35. The van der Waals surface area contributed by atoms with Gasteiger partial charge in [-0.1, -0.05) is 41.5 Å². The van der Waals surface area contributed by atoms with Crippen molar-refractivity contribution in [1.82, 2.24) is 15.0 Å². The topological polar surface area (TPSA) is 77.2 Å². The van der Waals surface area contributed by atoms with Gasteiger partial charge in [0, 0.05) is 24.4 Å². The molecule has 3 rings (SSSR count). The van der Waals surface area contributed by atoms with E-state index in [0.717, 1.165) is 16.7 Å². The Morgan fingerprint density at radius 1 is 1.12 bits per heavy atom. The predicted molar refractivity (Wildman–Crippen MR) is 95.4 cm³/mol. The highest BCUT2D eigenvalue weighted by atomic mass is 16.1. The van der Waals surface area contributed by atoms with Crippen LogP contribution in [0.15, 0.2) is 34.3 Å². The molecule has 0 fully saturated rings. The quantitative estimate of drug-likeness (QED) is 0.804. The lowest BCUT2D eigenvalue weighted by molar-refractivity contribution is 0.0969. The van der Waals surface area contributed by atoms with Crippen LogP contribution in [0.5, 0.6) is 0 Å². The minimum absolute atomic E-state index is 0.138. The third-order valence-corrected chi connectivity index (χ3v) is 4.23. The summed E-state index contributed by atoms with van der Waals surface area (Å²) < 4.78 is 1.51. The van der Waals surface area contributed by atoms with Gasteiger partial charge in [0.15, 0.2) is 5.69 Å². The van der Waals surface area contributed by atoms with Crippen molar-refractivity contribution in [1.29, 1.82) is 0 Å². The molecule has 0 atom stereocenters. The zero-order valence-electron chi connectivity index (χ0n) is 14.8. The van der Waals surface area contributed by atoms with Crippen molar-refractivity contribution < 1.29 is 9.59 Å². The second-order valence-electron chi connectivity index (χ2n) is 6.23. The van der Waals surface area contributed by atoms with Gasteiger partial charge in [-0.15, -0.1) is 5.10 Å². The Morgan fingerprint density at radius 3 is 2.40 bits per heavy atom. The number of fused-ring (bicyclic) bond motifs is 1. The molecule has 128 valence electrons. The SMILES string of the molecule is CCC1=C(/C=N\C)C(=O)c2c(nnn2Cc2cc(C)cc(C)c2)C1=O. The van der Waals surface area contributed by atoms with Crippen molar-refractivity contribution >= 4 is 17.8 Å². The number of carbonyl (C=O) groups excluding carboxylic acids is 2. The summed E-state index contributed by atoms with van der Waals surface area (Å²) in [5.41, 5.74) is 4.46. The fraction of sp³-hybridized carbons (Fsp3) is 0.316. The molecule has 25 heavy (non-hydrogen) atoms. The number of rotatable bonds is 4. The predicted octanol–water partition coefficient (Wildman–Crippen LogP) is 2.73. The Labute approximate surface area is 146 Å². The summed E-state index contributed by atoms with van der Waals surface area (Å²) in [6, 6.07) is 6.16. The molecule has 0 amide bonds. The molecule has 0 N–H and O–H groups in total. The van der Waals surface area contributed by atoms with E-state index in [4.69, 9.17) is 0 Å². The van der Waals surface area contributed by atoms with Crippen LogP contribution in [0.25, 0.3) is 0 Å². The lowest BCUT2D eigenvalue weighted by atomic mass is 9.89. The van der Waals surface area contributed by atoms with Crippen molar-refractivity contribution in [3.63, 3.8) is 0 Å². The van der Waals surface area contributed by atoms with Gasteiger partial charge in [-0.25, -0.2) is 4.68 Å². The first-order valence-corrected chi connectivity index (χ1v) is 8.21. The minimum atomic E-state index is -0.244. The number of carbonyl (C=O) groups is 2. The smallest absolute Gasteiger partial charge is 0.215 e. The van der Waals surface area contributed by atoms with E-state index in [0.29, 0.717) is 24.1 Å². The summed E-state index contributed by atoms with van der Waals surface area (Å²) >= 11 is 0. The Kier molecular flexibility index (Phi) is 4.44. The lowest BCUT2D eigenvalue weighted by Gasteiger charge is -2.15. The van der Waals surface area contributed by atoms with E-state index in [9.17, 15) is 9.59 Å². The van der Waals surface area contributed by atoms with Crippen LogP contribution >= 0.6 is 0 Å². The van der Waals surface area contributed by atoms with Crippen molar-refractivity contribution in [2.45, 2.75) is 33.7 Å². The molecule has 1 aliphatic carbocycles. The molecular weight excluding hydrogens is 316 g/mol. The summed E-state index contributed by atoms with van der Waals surface area (Å²) in [7, 11) is 1.58. The van der Waals surface area contributed by atoms with Crippen LogP contribution in [-0.2, 0) is 6.54 Å².